The molecule has 9 nitrogen and oxygen atoms in total. The van der Waals surface area contributed by atoms with E-state index in [-0.39, 0.29) is 17.0 Å². The molecule has 0 bridgehead atoms. The number of carbonyl (C=O) groups excluding carboxylic acids is 1. The highest BCUT2D eigenvalue weighted by atomic mass is 32.2. The predicted molar refractivity (Wildman–Crippen MR) is 77.5 cm³/mol. The van der Waals surface area contributed by atoms with Crippen molar-refractivity contribution in [3.05, 3.63) is 33.9 Å². The van der Waals surface area contributed by atoms with E-state index < -0.39 is 32.4 Å². The van der Waals surface area contributed by atoms with Crippen molar-refractivity contribution in [2.45, 2.75) is 13.0 Å². The van der Waals surface area contributed by atoms with Gasteiger partial charge in [-0.15, -0.1) is 0 Å². The van der Waals surface area contributed by atoms with Crippen LogP contribution in [0.5, 0.6) is 0 Å². The molecule has 0 saturated carbocycles. The van der Waals surface area contributed by atoms with Crippen LogP contribution in [0, 0.1) is 10.1 Å². The number of carbonyl (C=O) groups is 1. The summed E-state index contributed by atoms with van der Waals surface area (Å²) in [7, 11) is -3.27. The van der Waals surface area contributed by atoms with Crippen LogP contribution >= 0.6 is 0 Å². The van der Waals surface area contributed by atoms with Crippen LogP contribution in [0.15, 0.2) is 18.2 Å². The lowest BCUT2D eigenvalue weighted by Crippen LogP contribution is -2.37. The molecule has 1 unspecified atom stereocenters. The molecule has 1 aromatic rings. The van der Waals surface area contributed by atoms with Crippen molar-refractivity contribution in [2.75, 3.05) is 17.4 Å². The Bertz CT molecular complexity index is 659. The average molecular weight is 316 g/mol. The highest BCUT2D eigenvalue weighted by Gasteiger charge is 2.25. The van der Waals surface area contributed by atoms with Crippen LogP contribution in [0.1, 0.15) is 17.3 Å². The Hall–Kier alpha value is -2.20. The number of benzene rings is 1. The van der Waals surface area contributed by atoms with Crippen molar-refractivity contribution in [3.63, 3.8) is 0 Å². The number of rotatable bonds is 6. The minimum absolute atomic E-state index is 0.0107. The summed E-state index contributed by atoms with van der Waals surface area (Å²) in [5.41, 5.74) is 1.47. The van der Waals surface area contributed by atoms with Crippen molar-refractivity contribution < 1.29 is 18.1 Å². The van der Waals surface area contributed by atoms with Crippen molar-refractivity contribution in [1.82, 2.24) is 5.32 Å². The molecule has 0 radical (unpaired) electrons. The van der Waals surface area contributed by atoms with Crippen LogP contribution in [-0.4, -0.2) is 37.3 Å². The van der Waals surface area contributed by atoms with Crippen LogP contribution in [0.25, 0.3) is 0 Å². The van der Waals surface area contributed by atoms with Gasteiger partial charge in [-0.1, -0.05) is 6.07 Å². The maximum atomic E-state index is 12.1. The summed E-state index contributed by atoms with van der Waals surface area (Å²) in [6, 6.07) is 3.37. The molecular formula is C11H16N4O5S. The highest BCUT2D eigenvalue weighted by molar-refractivity contribution is 7.90. The van der Waals surface area contributed by atoms with Crippen LogP contribution in [0.4, 0.5) is 11.4 Å². The topological polar surface area (TPSA) is 144 Å². The lowest BCUT2D eigenvalue weighted by molar-refractivity contribution is -0.384. The first-order valence-electron chi connectivity index (χ1n) is 5.88. The van der Waals surface area contributed by atoms with Gasteiger partial charge < -0.3 is 10.7 Å². The second-order valence-corrected chi connectivity index (χ2v) is 6.75. The molecule has 21 heavy (non-hydrogen) atoms. The zero-order chi connectivity index (χ0) is 16.2. The van der Waals surface area contributed by atoms with Gasteiger partial charge in [-0.2, -0.15) is 0 Å². The number of sulfone groups is 1. The Morgan fingerprint density at radius 3 is 2.57 bits per heavy atom. The smallest absolute Gasteiger partial charge is 0.306 e. The molecule has 1 atom stereocenters. The number of hydrazine groups is 1. The summed E-state index contributed by atoms with van der Waals surface area (Å²) in [4.78, 5) is 22.4. The zero-order valence-corrected chi connectivity index (χ0v) is 12.3. The maximum absolute atomic E-state index is 12.1. The van der Waals surface area contributed by atoms with Crippen LogP contribution in [0.2, 0.25) is 0 Å². The fourth-order valence-electron chi connectivity index (χ4n) is 1.84. The molecule has 0 heterocycles. The minimum atomic E-state index is -3.27. The maximum Gasteiger partial charge on any atom is 0.306 e. The van der Waals surface area contributed by atoms with Gasteiger partial charge in [-0.25, -0.2) is 8.42 Å². The third kappa shape index (κ3) is 4.68. The van der Waals surface area contributed by atoms with Crippen molar-refractivity contribution >= 4 is 27.1 Å². The van der Waals surface area contributed by atoms with Gasteiger partial charge >= 0.3 is 5.69 Å². The molecule has 1 rings (SSSR count). The number of nitro groups is 1. The van der Waals surface area contributed by atoms with E-state index in [0.29, 0.717) is 0 Å². The third-order valence-corrected chi connectivity index (χ3v) is 3.65. The van der Waals surface area contributed by atoms with Crippen LogP contribution < -0.4 is 16.6 Å². The minimum Gasteiger partial charge on any atom is -0.348 e. The quantitative estimate of drug-likeness (QED) is 0.382. The molecule has 0 saturated heterocycles. The van der Waals surface area contributed by atoms with Gasteiger partial charge in [-0.3, -0.25) is 20.8 Å². The second kappa shape index (κ2) is 6.50. The van der Waals surface area contributed by atoms with Crippen molar-refractivity contribution in [2.24, 2.45) is 5.84 Å². The first-order chi connectivity index (χ1) is 9.65. The van der Waals surface area contributed by atoms with E-state index in [4.69, 9.17) is 5.84 Å². The van der Waals surface area contributed by atoms with Crippen molar-refractivity contribution in [3.8, 4) is 0 Å². The first-order valence-corrected chi connectivity index (χ1v) is 7.94. The molecule has 1 aromatic carbocycles. The number of nitrogen functional groups attached to an aromatic ring is 1. The monoisotopic (exact) mass is 316 g/mol. The van der Waals surface area contributed by atoms with E-state index >= 15 is 0 Å². The number of hydrogen-bond acceptors (Lipinski definition) is 7. The Morgan fingerprint density at radius 2 is 2.10 bits per heavy atom. The standard InChI is InChI=1S/C11H16N4O5S/c1-7(6-21(2,19)20)13-11(16)8-4-3-5-9(14-12)10(8)15(17)18/h3-5,7,14H,6,12H2,1-2H3,(H,13,16). The fraction of sp³-hybridized carbons (Fsp3) is 0.364. The van der Waals surface area contributed by atoms with Crippen LogP contribution in [0.3, 0.4) is 0 Å². The number of anilines is 1. The van der Waals surface area contributed by atoms with Gasteiger partial charge in [0, 0.05) is 12.3 Å². The summed E-state index contributed by atoms with van der Waals surface area (Å²) < 4.78 is 22.3. The van der Waals surface area contributed by atoms with E-state index in [2.05, 4.69) is 10.7 Å². The number of amides is 1. The van der Waals surface area contributed by atoms with E-state index in [9.17, 15) is 23.3 Å². The number of para-hydroxylation sites is 1. The Morgan fingerprint density at radius 1 is 1.48 bits per heavy atom. The first kappa shape index (κ1) is 16.9. The number of hydrogen-bond donors (Lipinski definition) is 3. The molecule has 1 amide bonds. The molecule has 10 heteroatoms. The Labute approximate surface area is 121 Å². The summed E-state index contributed by atoms with van der Waals surface area (Å²) >= 11 is 0. The van der Waals surface area contributed by atoms with E-state index in [1.54, 1.807) is 0 Å². The summed E-state index contributed by atoms with van der Waals surface area (Å²) in [5.74, 6) is 4.17. The third-order valence-electron chi connectivity index (χ3n) is 2.55. The van der Waals surface area contributed by atoms with Gasteiger partial charge in [0.05, 0.1) is 10.7 Å². The number of nitro benzene ring substituents is 1. The molecule has 116 valence electrons. The van der Waals surface area contributed by atoms with Gasteiger partial charge in [0.1, 0.15) is 21.1 Å². The molecule has 0 spiro atoms. The molecule has 0 aliphatic rings. The number of nitrogens with one attached hydrogen (secondary N) is 2. The zero-order valence-electron chi connectivity index (χ0n) is 11.5. The second-order valence-electron chi connectivity index (χ2n) is 4.57. The largest absolute Gasteiger partial charge is 0.348 e. The van der Waals surface area contributed by atoms with Gasteiger partial charge in [0.2, 0.25) is 0 Å². The summed E-state index contributed by atoms with van der Waals surface area (Å²) in [6.07, 6.45) is 1.04. The fourth-order valence-corrected chi connectivity index (χ4v) is 2.83. The van der Waals surface area contributed by atoms with E-state index in [1.807, 2.05) is 0 Å². The van der Waals surface area contributed by atoms with E-state index in [1.165, 1.54) is 25.1 Å². The summed E-state index contributed by atoms with van der Waals surface area (Å²) in [5, 5.41) is 13.5. The normalized spacial score (nSPS) is 12.5. The SMILES string of the molecule is CC(CS(C)(=O)=O)NC(=O)c1cccc(NN)c1[N+](=O)[O-]. The number of nitrogens with zero attached hydrogens (tertiary/aromatic N) is 1. The van der Waals surface area contributed by atoms with Crippen molar-refractivity contribution in [1.29, 1.82) is 0 Å². The molecule has 0 aliphatic heterocycles. The molecule has 0 aromatic heterocycles. The predicted octanol–water partition coefficient (Wildman–Crippen LogP) is 0.0433. The van der Waals surface area contributed by atoms with Gasteiger partial charge in [0.15, 0.2) is 0 Å². The Balaban J connectivity index is 3.05. The van der Waals surface area contributed by atoms with Gasteiger partial charge in [0.25, 0.3) is 5.91 Å². The van der Waals surface area contributed by atoms with Gasteiger partial charge in [-0.05, 0) is 19.1 Å². The molecule has 0 fully saturated rings. The lowest BCUT2D eigenvalue weighted by Gasteiger charge is -2.13. The Kier molecular flexibility index (Phi) is 5.22. The highest BCUT2D eigenvalue weighted by Crippen LogP contribution is 2.27. The van der Waals surface area contributed by atoms with E-state index in [0.717, 1.165) is 6.26 Å². The molecule has 0 aliphatic carbocycles. The lowest BCUT2D eigenvalue weighted by atomic mass is 10.1. The molecule has 4 N–H and O–H groups in total. The average Bonchev–Trinajstić information content (AvgIpc) is 2.34. The number of nitrogens with two attached hydrogens (primary N) is 1. The molecular weight excluding hydrogens is 300 g/mol. The summed E-state index contributed by atoms with van der Waals surface area (Å²) in [6.45, 7) is 1.50. The van der Waals surface area contributed by atoms with Crippen LogP contribution in [-0.2, 0) is 9.84 Å².